The van der Waals surface area contributed by atoms with E-state index >= 15 is 0 Å². The molecule has 0 aromatic rings. The largest absolute Gasteiger partial charge is 0.350 e. The van der Waals surface area contributed by atoms with Gasteiger partial charge in [-0.3, -0.25) is 4.79 Å². The summed E-state index contributed by atoms with van der Waals surface area (Å²) in [7, 11) is 0. The molecule has 3 N–H and O–H groups in total. The minimum atomic E-state index is -0.502. The minimum Gasteiger partial charge on any atom is -0.350 e. The zero-order valence-corrected chi connectivity index (χ0v) is 11.2. The first-order valence-corrected chi connectivity index (χ1v) is 6.61. The zero-order valence-electron chi connectivity index (χ0n) is 10.4. The Labute approximate surface area is 103 Å². The molecule has 0 spiro atoms. The Morgan fingerprint density at radius 3 is 2.81 bits per heavy atom. The van der Waals surface area contributed by atoms with Gasteiger partial charge in [-0.05, 0) is 12.0 Å². The van der Waals surface area contributed by atoms with E-state index in [0.717, 1.165) is 23.3 Å². The topological polar surface area (TPSA) is 55.1 Å². The molecule has 3 nitrogen and oxygen atoms in total. The molecular formula is C12H22N2OS. The van der Waals surface area contributed by atoms with E-state index in [9.17, 15) is 4.79 Å². The molecule has 1 saturated heterocycles. The molecule has 1 atom stereocenters. The monoisotopic (exact) mass is 242 g/mol. The highest BCUT2D eigenvalue weighted by atomic mass is 32.2. The first-order chi connectivity index (χ1) is 7.65. The fourth-order valence-electron chi connectivity index (χ4n) is 1.12. The van der Waals surface area contributed by atoms with Gasteiger partial charge < -0.3 is 11.1 Å². The number of hydrogen-bond acceptors (Lipinski definition) is 3. The number of carbonyl (C=O) groups excluding carboxylic acids is 1. The van der Waals surface area contributed by atoms with Crippen LogP contribution in [0.1, 0.15) is 33.6 Å². The van der Waals surface area contributed by atoms with Crippen LogP contribution in [0.3, 0.4) is 0 Å². The molecule has 0 radical (unpaired) electrons. The third kappa shape index (κ3) is 4.86. The number of hydrogen-bond donors (Lipinski definition) is 2. The second-order valence-electron chi connectivity index (χ2n) is 3.22. The number of nitrogens with one attached hydrogen (secondary N) is 1. The molecule has 1 unspecified atom stereocenters. The number of thioether (sulfide) groups is 1. The predicted octanol–water partition coefficient (Wildman–Crippen LogP) is 2.40. The fraction of sp³-hybridized carbons (Fsp3) is 0.583. The van der Waals surface area contributed by atoms with Gasteiger partial charge in [0.1, 0.15) is 5.37 Å². The lowest BCUT2D eigenvalue weighted by molar-refractivity contribution is -0.120. The van der Waals surface area contributed by atoms with E-state index in [1.54, 1.807) is 0 Å². The van der Waals surface area contributed by atoms with E-state index in [0.29, 0.717) is 6.54 Å². The molecule has 0 aliphatic carbocycles. The Bertz CT molecular complexity index is 274. The average molecular weight is 242 g/mol. The Morgan fingerprint density at radius 2 is 2.25 bits per heavy atom. The van der Waals surface area contributed by atoms with E-state index in [4.69, 9.17) is 5.73 Å². The molecule has 16 heavy (non-hydrogen) atoms. The van der Waals surface area contributed by atoms with Crippen molar-refractivity contribution in [1.82, 2.24) is 5.32 Å². The summed E-state index contributed by atoms with van der Waals surface area (Å²) in [6.07, 6.45) is 4.20. The van der Waals surface area contributed by atoms with Crippen LogP contribution < -0.4 is 11.1 Å². The number of allylic oxidation sites excluding steroid dienone is 1. The van der Waals surface area contributed by atoms with Gasteiger partial charge in [-0.2, -0.15) is 0 Å². The van der Waals surface area contributed by atoms with Gasteiger partial charge in [0.2, 0.25) is 5.91 Å². The van der Waals surface area contributed by atoms with E-state index in [1.165, 1.54) is 11.8 Å². The van der Waals surface area contributed by atoms with Crippen molar-refractivity contribution in [1.29, 1.82) is 0 Å². The fourth-order valence-corrected chi connectivity index (χ4v) is 2.04. The summed E-state index contributed by atoms with van der Waals surface area (Å²) in [5, 5.41) is 2.22. The maximum Gasteiger partial charge on any atom is 0.247 e. The summed E-state index contributed by atoms with van der Waals surface area (Å²) in [5.41, 5.74) is 6.62. The molecule has 4 heteroatoms. The number of amides is 1. The molecule has 1 fully saturated rings. The first kappa shape index (κ1) is 15.3. The maximum absolute atomic E-state index is 11.3. The van der Waals surface area contributed by atoms with E-state index < -0.39 is 5.37 Å². The van der Waals surface area contributed by atoms with Crippen LogP contribution in [0.25, 0.3) is 0 Å². The highest BCUT2D eigenvalue weighted by Crippen LogP contribution is 2.28. The molecule has 0 aromatic heterocycles. The molecule has 0 aromatic carbocycles. The molecule has 92 valence electrons. The van der Waals surface area contributed by atoms with Crippen molar-refractivity contribution >= 4 is 17.7 Å². The highest BCUT2D eigenvalue weighted by molar-refractivity contribution is 8.04. The van der Waals surface area contributed by atoms with Crippen molar-refractivity contribution in [3.8, 4) is 0 Å². The van der Waals surface area contributed by atoms with Crippen LogP contribution in [0, 0.1) is 0 Å². The van der Waals surface area contributed by atoms with Crippen LogP contribution in [-0.4, -0.2) is 17.8 Å². The normalized spacial score (nSPS) is 23.2. The summed E-state index contributed by atoms with van der Waals surface area (Å²) in [5.74, 6) is -0.115. The average Bonchev–Trinajstić information content (AvgIpc) is 2.43. The standard InChI is InChI=1S/C10H16N2OS.C2H6/c1-3-4-5-8-7(2)6-12-10(13)9(11)14-8;1-2/h5,9H,2-4,6,11H2,1H3,(H,12,13);1-2H3/b8-5+;. The highest BCUT2D eigenvalue weighted by Gasteiger charge is 2.21. The van der Waals surface area contributed by atoms with Crippen molar-refractivity contribution in [2.75, 3.05) is 6.54 Å². The van der Waals surface area contributed by atoms with Crippen molar-refractivity contribution in [3.63, 3.8) is 0 Å². The van der Waals surface area contributed by atoms with Crippen LogP contribution in [0.5, 0.6) is 0 Å². The Kier molecular flexibility index (Phi) is 8.03. The van der Waals surface area contributed by atoms with Gasteiger partial charge in [0.15, 0.2) is 0 Å². The SMILES string of the molecule is C=C1CNC(=O)C(N)S/C1=C/CCC.CC. The van der Waals surface area contributed by atoms with E-state index in [-0.39, 0.29) is 5.91 Å². The number of carbonyl (C=O) groups is 1. The maximum atomic E-state index is 11.3. The lowest BCUT2D eigenvalue weighted by Gasteiger charge is -2.07. The summed E-state index contributed by atoms with van der Waals surface area (Å²) in [6, 6.07) is 0. The lowest BCUT2D eigenvalue weighted by atomic mass is 10.2. The predicted molar refractivity (Wildman–Crippen MR) is 72.1 cm³/mol. The van der Waals surface area contributed by atoms with Crippen LogP contribution in [0.15, 0.2) is 23.1 Å². The van der Waals surface area contributed by atoms with Crippen molar-refractivity contribution in [2.24, 2.45) is 5.73 Å². The number of nitrogens with two attached hydrogens (primary N) is 1. The minimum absolute atomic E-state index is 0.115. The zero-order chi connectivity index (χ0) is 12.6. The summed E-state index contributed by atoms with van der Waals surface area (Å²) in [6.45, 7) is 10.5. The summed E-state index contributed by atoms with van der Waals surface area (Å²) >= 11 is 1.39. The van der Waals surface area contributed by atoms with Gasteiger partial charge in [-0.15, -0.1) is 0 Å². The van der Waals surface area contributed by atoms with Crippen LogP contribution in [0.2, 0.25) is 0 Å². The molecule has 1 amide bonds. The molecule has 1 heterocycles. The molecular weight excluding hydrogens is 220 g/mol. The van der Waals surface area contributed by atoms with Gasteiger partial charge in [0.25, 0.3) is 0 Å². The van der Waals surface area contributed by atoms with Gasteiger partial charge in [-0.1, -0.05) is 51.6 Å². The third-order valence-corrected chi connectivity index (χ3v) is 3.13. The number of unbranched alkanes of at least 4 members (excludes halogenated alkanes) is 1. The second-order valence-corrected chi connectivity index (χ2v) is 4.40. The Hall–Kier alpha value is -0.740. The second kappa shape index (κ2) is 8.42. The van der Waals surface area contributed by atoms with Crippen molar-refractivity contribution in [3.05, 3.63) is 23.1 Å². The lowest BCUT2D eigenvalue weighted by Crippen LogP contribution is -2.36. The van der Waals surface area contributed by atoms with Crippen LogP contribution in [0.4, 0.5) is 0 Å². The Balaban J connectivity index is 0.00000106. The molecule has 1 rings (SSSR count). The van der Waals surface area contributed by atoms with Crippen LogP contribution >= 0.6 is 11.8 Å². The third-order valence-electron chi connectivity index (χ3n) is 1.96. The summed E-state index contributed by atoms with van der Waals surface area (Å²) in [4.78, 5) is 12.3. The molecule has 1 aliphatic rings. The van der Waals surface area contributed by atoms with Crippen molar-refractivity contribution < 1.29 is 4.79 Å². The smallest absolute Gasteiger partial charge is 0.247 e. The van der Waals surface area contributed by atoms with E-state index in [1.807, 2.05) is 13.8 Å². The van der Waals surface area contributed by atoms with Gasteiger partial charge in [-0.25, -0.2) is 0 Å². The van der Waals surface area contributed by atoms with Gasteiger partial charge in [0.05, 0.1) is 0 Å². The first-order valence-electron chi connectivity index (χ1n) is 5.73. The molecule has 1 aliphatic heterocycles. The Morgan fingerprint density at radius 1 is 1.62 bits per heavy atom. The van der Waals surface area contributed by atoms with Crippen LogP contribution in [-0.2, 0) is 4.79 Å². The van der Waals surface area contributed by atoms with Crippen molar-refractivity contribution in [2.45, 2.75) is 39.0 Å². The quantitative estimate of drug-likeness (QED) is 0.782. The van der Waals surface area contributed by atoms with Gasteiger partial charge >= 0.3 is 0 Å². The molecule has 0 saturated carbocycles. The van der Waals surface area contributed by atoms with Gasteiger partial charge in [0, 0.05) is 11.4 Å². The number of rotatable bonds is 2. The molecule has 0 bridgehead atoms. The van der Waals surface area contributed by atoms with E-state index in [2.05, 4.69) is 24.9 Å². The summed E-state index contributed by atoms with van der Waals surface area (Å²) < 4.78 is 0.